The average Bonchev–Trinajstić information content (AvgIpc) is 3.21. The number of amides is 1. The predicted molar refractivity (Wildman–Crippen MR) is 107 cm³/mol. The van der Waals surface area contributed by atoms with Crippen LogP contribution in [-0.2, 0) is 4.79 Å². The first-order valence-electron chi connectivity index (χ1n) is 8.90. The Morgan fingerprint density at radius 3 is 2.48 bits per heavy atom. The lowest BCUT2D eigenvalue weighted by Gasteiger charge is -2.08. The lowest BCUT2D eigenvalue weighted by molar-refractivity contribution is -0.118. The van der Waals surface area contributed by atoms with E-state index in [9.17, 15) is 9.59 Å². The zero-order valence-electron chi connectivity index (χ0n) is 15.6. The van der Waals surface area contributed by atoms with Crippen LogP contribution in [0, 0.1) is 0 Å². The summed E-state index contributed by atoms with van der Waals surface area (Å²) in [5, 5.41) is 15.0. The van der Waals surface area contributed by atoms with E-state index < -0.39 is 0 Å². The molecule has 4 rings (SSSR count). The fourth-order valence-corrected chi connectivity index (χ4v) is 2.74. The van der Waals surface area contributed by atoms with E-state index in [1.807, 2.05) is 24.3 Å². The molecule has 0 aliphatic carbocycles. The average molecular weight is 387 g/mol. The molecule has 2 heterocycles. The number of Topliss-reactive ketones (excluding diaryl/α,β-unsaturated/α-hetero) is 1. The minimum absolute atomic E-state index is 0.0189. The molecule has 0 aliphatic heterocycles. The van der Waals surface area contributed by atoms with Gasteiger partial charge < -0.3 is 10.1 Å². The molecule has 8 heteroatoms. The number of ketones is 1. The highest BCUT2D eigenvalue weighted by Crippen LogP contribution is 2.20. The van der Waals surface area contributed by atoms with Crippen molar-refractivity contribution in [2.24, 2.45) is 0 Å². The van der Waals surface area contributed by atoms with Crippen molar-refractivity contribution in [1.82, 2.24) is 19.8 Å². The summed E-state index contributed by atoms with van der Waals surface area (Å²) in [4.78, 5) is 23.4. The molecule has 144 valence electrons. The van der Waals surface area contributed by atoms with E-state index in [2.05, 4.69) is 20.6 Å². The van der Waals surface area contributed by atoms with Gasteiger partial charge in [-0.2, -0.15) is 9.61 Å². The van der Waals surface area contributed by atoms with Crippen LogP contribution in [0.1, 0.15) is 17.3 Å². The molecule has 29 heavy (non-hydrogen) atoms. The molecule has 2 aromatic carbocycles. The van der Waals surface area contributed by atoms with Crippen LogP contribution in [0.25, 0.3) is 16.9 Å². The van der Waals surface area contributed by atoms with Gasteiger partial charge in [-0.3, -0.25) is 9.59 Å². The molecule has 1 N–H and O–H groups in total. The van der Waals surface area contributed by atoms with E-state index in [0.717, 1.165) is 11.3 Å². The second-order valence-electron chi connectivity index (χ2n) is 6.35. The van der Waals surface area contributed by atoms with Crippen LogP contribution >= 0.6 is 0 Å². The van der Waals surface area contributed by atoms with Crippen LogP contribution in [0.3, 0.4) is 0 Å². The van der Waals surface area contributed by atoms with Gasteiger partial charge >= 0.3 is 0 Å². The van der Waals surface area contributed by atoms with Crippen molar-refractivity contribution < 1.29 is 14.3 Å². The van der Waals surface area contributed by atoms with E-state index in [0.29, 0.717) is 22.6 Å². The largest absolute Gasteiger partial charge is 0.484 e. The Labute approximate surface area is 166 Å². The van der Waals surface area contributed by atoms with Gasteiger partial charge in [-0.15, -0.1) is 10.2 Å². The summed E-state index contributed by atoms with van der Waals surface area (Å²) < 4.78 is 7.06. The number of hydrogen-bond acceptors (Lipinski definition) is 6. The lowest BCUT2D eigenvalue weighted by Crippen LogP contribution is -2.20. The van der Waals surface area contributed by atoms with E-state index in [-0.39, 0.29) is 18.3 Å². The third kappa shape index (κ3) is 4.27. The third-order valence-electron chi connectivity index (χ3n) is 4.26. The van der Waals surface area contributed by atoms with Crippen molar-refractivity contribution >= 4 is 23.0 Å². The fourth-order valence-electron chi connectivity index (χ4n) is 2.74. The maximum absolute atomic E-state index is 12.1. The van der Waals surface area contributed by atoms with Crippen LogP contribution in [0.5, 0.6) is 5.75 Å². The third-order valence-corrected chi connectivity index (χ3v) is 4.26. The number of aromatic nitrogens is 4. The topological polar surface area (TPSA) is 98.5 Å². The van der Waals surface area contributed by atoms with Crippen molar-refractivity contribution in [1.29, 1.82) is 0 Å². The first-order chi connectivity index (χ1) is 14.1. The minimum atomic E-state index is -0.280. The summed E-state index contributed by atoms with van der Waals surface area (Å²) in [5.74, 6) is 0.225. The second kappa shape index (κ2) is 7.89. The Bertz CT molecular complexity index is 1170. The van der Waals surface area contributed by atoms with E-state index in [1.54, 1.807) is 47.2 Å². The zero-order chi connectivity index (χ0) is 20.2. The smallest absolute Gasteiger partial charge is 0.262 e. The summed E-state index contributed by atoms with van der Waals surface area (Å²) in [7, 11) is 0. The van der Waals surface area contributed by atoms with Gasteiger partial charge in [0.2, 0.25) is 0 Å². The molecule has 1 amide bonds. The number of nitrogens with zero attached hydrogens (tertiary/aromatic N) is 4. The molecule has 0 saturated heterocycles. The Kier molecular flexibility index (Phi) is 4.98. The van der Waals surface area contributed by atoms with Gasteiger partial charge in [0.1, 0.15) is 12.1 Å². The highest BCUT2D eigenvalue weighted by Gasteiger charge is 2.07. The number of fused-ring (bicyclic) bond motifs is 1. The summed E-state index contributed by atoms with van der Waals surface area (Å²) in [5.41, 5.74) is 3.60. The number of carbonyl (C=O) groups is 2. The molecule has 0 fully saturated rings. The normalized spacial score (nSPS) is 10.7. The standard InChI is InChI=1S/C21H17N5O3/c1-14(27)15-4-8-18(9-5-15)29-12-21(28)23-17-6-2-16(3-7-17)19-10-11-20-24-22-13-26(20)25-19/h2-11,13H,12H2,1H3,(H,23,28). The number of benzene rings is 2. The lowest BCUT2D eigenvalue weighted by atomic mass is 10.1. The van der Waals surface area contributed by atoms with Gasteiger partial charge in [0.25, 0.3) is 5.91 Å². The molecule has 0 unspecified atom stereocenters. The molecule has 4 aromatic rings. The highest BCUT2D eigenvalue weighted by atomic mass is 16.5. The van der Waals surface area contributed by atoms with Crippen LogP contribution in [0.15, 0.2) is 67.0 Å². The molecule has 0 aliphatic rings. The number of carbonyl (C=O) groups excluding carboxylic acids is 2. The Balaban J connectivity index is 1.35. The Hall–Kier alpha value is -4.07. The van der Waals surface area contributed by atoms with Gasteiger partial charge in [-0.1, -0.05) is 12.1 Å². The van der Waals surface area contributed by atoms with Gasteiger partial charge in [0.15, 0.2) is 18.0 Å². The summed E-state index contributed by atoms with van der Waals surface area (Å²) in [6.45, 7) is 1.37. The van der Waals surface area contributed by atoms with Crippen LogP contribution in [0.2, 0.25) is 0 Å². The molecule has 0 saturated carbocycles. The quantitative estimate of drug-likeness (QED) is 0.511. The molecule has 8 nitrogen and oxygen atoms in total. The van der Waals surface area contributed by atoms with Crippen molar-refractivity contribution in [3.05, 3.63) is 72.6 Å². The Morgan fingerprint density at radius 2 is 1.76 bits per heavy atom. The van der Waals surface area contributed by atoms with E-state index >= 15 is 0 Å². The number of nitrogens with one attached hydrogen (secondary N) is 1. The van der Waals surface area contributed by atoms with Crippen molar-refractivity contribution in [2.75, 3.05) is 11.9 Å². The number of hydrogen-bond donors (Lipinski definition) is 1. The molecule has 0 atom stereocenters. The summed E-state index contributed by atoms with van der Waals surface area (Å²) >= 11 is 0. The minimum Gasteiger partial charge on any atom is -0.484 e. The van der Waals surface area contributed by atoms with E-state index in [1.165, 1.54) is 6.92 Å². The first-order valence-corrected chi connectivity index (χ1v) is 8.90. The SMILES string of the molecule is CC(=O)c1ccc(OCC(=O)Nc2ccc(-c3ccc4nncn4n3)cc2)cc1. The highest BCUT2D eigenvalue weighted by molar-refractivity contribution is 5.94. The van der Waals surface area contributed by atoms with Gasteiger partial charge in [-0.25, -0.2) is 0 Å². The van der Waals surface area contributed by atoms with Crippen LogP contribution < -0.4 is 10.1 Å². The molecule has 0 bridgehead atoms. The molecular formula is C21H17N5O3. The van der Waals surface area contributed by atoms with Gasteiger partial charge in [0.05, 0.1) is 5.69 Å². The van der Waals surface area contributed by atoms with E-state index in [4.69, 9.17) is 4.74 Å². The van der Waals surface area contributed by atoms with Crippen LogP contribution in [0.4, 0.5) is 5.69 Å². The molecular weight excluding hydrogens is 370 g/mol. The number of anilines is 1. The molecule has 0 spiro atoms. The fraction of sp³-hybridized carbons (Fsp3) is 0.0952. The molecule has 0 radical (unpaired) electrons. The molecule has 2 aromatic heterocycles. The second-order valence-corrected chi connectivity index (χ2v) is 6.35. The van der Waals surface area contributed by atoms with Gasteiger partial charge in [-0.05, 0) is 55.5 Å². The maximum Gasteiger partial charge on any atom is 0.262 e. The maximum atomic E-state index is 12.1. The number of rotatable bonds is 6. The van der Waals surface area contributed by atoms with Crippen molar-refractivity contribution in [3.8, 4) is 17.0 Å². The zero-order valence-corrected chi connectivity index (χ0v) is 15.6. The van der Waals surface area contributed by atoms with Crippen molar-refractivity contribution in [3.63, 3.8) is 0 Å². The Morgan fingerprint density at radius 1 is 1.00 bits per heavy atom. The monoisotopic (exact) mass is 387 g/mol. The number of ether oxygens (including phenoxy) is 1. The summed E-state index contributed by atoms with van der Waals surface area (Å²) in [6, 6.07) is 17.7. The van der Waals surface area contributed by atoms with Crippen molar-refractivity contribution in [2.45, 2.75) is 6.92 Å². The summed E-state index contributed by atoms with van der Waals surface area (Å²) in [6.07, 6.45) is 1.54. The predicted octanol–water partition coefficient (Wildman–Crippen LogP) is 3.01. The van der Waals surface area contributed by atoms with Crippen LogP contribution in [-0.4, -0.2) is 38.1 Å². The van der Waals surface area contributed by atoms with Gasteiger partial charge in [0, 0.05) is 16.8 Å². The first kappa shape index (κ1) is 18.3.